The maximum absolute atomic E-state index is 12.0. The van der Waals surface area contributed by atoms with E-state index in [1.807, 2.05) is 18.2 Å². The van der Waals surface area contributed by atoms with E-state index in [-0.39, 0.29) is 6.67 Å². The Bertz CT molecular complexity index is 344. The van der Waals surface area contributed by atoms with Crippen molar-refractivity contribution in [3.05, 3.63) is 28.2 Å². The maximum Gasteiger partial charge on any atom is 0.137 e. The fraction of sp³-hybridized carbons (Fsp3) is 0.538. The van der Waals surface area contributed by atoms with Crippen molar-refractivity contribution in [3.63, 3.8) is 0 Å². The zero-order valence-electron chi connectivity index (χ0n) is 10.3. The Hall–Kier alpha value is -0.610. The molecule has 0 heterocycles. The van der Waals surface area contributed by atoms with Crippen LogP contribution in [0.2, 0.25) is 0 Å². The summed E-state index contributed by atoms with van der Waals surface area (Å²) in [5.74, 6) is 0.814. The minimum absolute atomic E-state index is 0.343. The first-order valence-electron chi connectivity index (χ1n) is 5.84. The minimum atomic E-state index is -0.343. The van der Waals surface area contributed by atoms with Crippen LogP contribution in [0.3, 0.4) is 0 Å². The number of alkyl halides is 1. The van der Waals surface area contributed by atoms with Crippen molar-refractivity contribution in [2.75, 3.05) is 13.3 Å². The van der Waals surface area contributed by atoms with Crippen molar-refractivity contribution >= 4 is 15.9 Å². The van der Waals surface area contributed by atoms with Gasteiger partial charge in [-0.25, -0.2) is 0 Å². The molecule has 0 amide bonds. The molecule has 0 saturated heterocycles. The van der Waals surface area contributed by atoms with E-state index in [9.17, 15) is 4.39 Å². The highest BCUT2D eigenvalue weighted by molar-refractivity contribution is 9.10. The van der Waals surface area contributed by atoms with Crippen LogP contribution in [0.15, 0.2) is 22.7 Å². The van der Waals surface area contributed by atoms with Gasteiger partial charge in [-0.05, 0) is 22.0 Å². The molecule has 1 rings (SSSR count). The molecule has 0 radical (unpaired) electrons. The van der Waals surface area contributed by atoms with Gasteiger partial charge in [-0.1, -0.05) is 26.0 Å². The Morgan fingerprint density at radius 2 is 2.18 bits per heavy atom. The lowest BCUT2D eigenvalue weighted by Gasteiger charge is -2.14. The van der Waals surface area contributed by atoms with Gasteiger partial charge in [0.25, 0.3) is 0 Å². The van der Waals surface area contributed by atoms with Crippen LogP contribution in [0.4, 0.5) is 4.39 Å². The minimum Gasteiger partial charge on any atom is -0.492 e. The molecule has 0 spiro atoms. The summed E-state index contributed by atoms with van der Waals surface area (Å²) >= 11 is 3.46. The van der Waals surface area contributed by atoms with Crippen LogP contribution >= 0.6 is 15.9 Å². The highest BCUT2D eigenvalue weighted by Crippen LogP contribution is 2.29. The van der Waals surface area contributed by atoms with Crippen LogP contribution < -0.4 is 10.1 Å². The van der Waals surface area contributed by atoms with Gasteiger partial charge in [0.2, 0.25) is 0 Å². The van der Waals surface area contributed by atoms with Crippen molar-refractivity contribution in [2.24, 2.45) is 0 Å². The van der Waals surface area contributed by atoms with Gasteiger partial charge in [-0.2, -0.15) is 0 Å². The number of halogens is 2. The Morgan fingerprint density at radius 1 is 1.41 bits per heavy atom. The van der Waals surface area contributed by atoms with E-state index in [4.69, 9.17) is 4.74 Å². The van der Waals surface area contributed by atoms with E-state index in [2.05, 4.69) is 35.1 Å². The largest absolute Gasteiger partial charge is 0.492 e. The highest BCUT2D eigenvalue weighted by Gasteiger charge is 2.08. The van der Waals surface area contributed by atoms with E-state index < -0.39 is 0 Å². The van der Waals surface area contributed by atoms with E-state index in [1.165, 1.54) is 0 Å². The second-order valence-electron chi connectivity index (χ2n) is 4.15. The van der Waals surface area contributed by atoms with Crippen LogP contribution in [0, 0.1) is 0 Å². The lowest BCUT2D eigenvalue weighted by atomic mass is 10.2. The molecule has 4 heteroatoms. The number of rotatable bonds is 7. The number of ether oxygens (including phenoxy) is 1. The van der Waals surface area contributed by atoms with Crippen LogP contribution in [0.25, 0.3) is 0 Å². The average molecular weight is 304 g/mol. The van der Waals surface area contributed by atoms with Gasteiger partial charge < -0.3 is 10.1 Å². The summed E-state index contributed by atoms with van der Waals surface area (Å²) in [7, 11) is 0. The lowest BCUT2D eigenvalue weighted by Crippen LogP contribution is -2.22. The molecule has 0 aliphatic carbocycles. The van der Waals surface area contributed by atoms with E-state index in [0.29, 0.717) is 19.1 Å². The Balaban J connectivity index is 2.69. The van der Waals surface area contributed by atoms with Crippen molar-refractivity contribution in [1.82, 2.24) is 5.32 Å². The van der Waals surface area contributed by atoms with E-state index in [0.717, 1.165) is 22.3 Å². The number of benzene rings is 1. The highest BCUT2D eigenvalue weighted by atomic mass is 79.9. The van der Waals surface area contributed by atoms with Gasteiger partial charge in [0, 0.05) is 24.6 Å². The normalized spacial score (nSPS) is 10.9. The van der Waals surface area contributed by atoms with E-state index in [1.54, 1.807) is 0 Å². The van der Waals surface area contributed by atoms with E-state index >= 15 is 0 Å². The molecule has 0 unspecified atom stereocenters. The molecule has 0 aliphatic rings. The molecular formula is C13H19BrFNO. The number of para-hydroxylation sites is 1. The summed E-state index contributed by atoms with van der Waals surface area (Å²) in [4.78, 5) is 0. The molecule has 1 aromatic carbocycles. The summed E-state index contributed by atoms with van der Waals surface area (Å²) in [6.07, 6.45) is 0.429. The fourth-order valence-electron chi connectivity index (χ4n) is 1.40. The third kappa shape index (κ3) is 5.04. The van der Waals surface area contributed by atoms with Crippen molar-refractivity contribution in [3.8, 4) is 5.75 Å². The van der Waals surface area contributed by atoms with Gasteiger partial charge >= 0.3 is 0 Å². The third-order valence-electron chi connectivity index (χ3n) is 2.27. The first kappa shape index (κ1) is 14.5. The zero-order valence-corrected chi connectivity index (χ0v) is 11.9. The lowest BCUT2D eigenvalue weighted by molar-refractivity contribution is 0.285. The number of nitrogens with one attached hydrogen (secondary N) is 1. The third-order valence-corrected chi connectivity index (χ3v) is 2.90. The predicted octanol–water partition coefficient (Wildman–Crippen LogP) is 3.69. The van der Waals surface area contributed by atoms with Crippen molar-refractivity contribution in [1.29, 1.82) is 0 Å². The van der Waals surface area contributed by atoms with Crippen LogP contribution in [0.1, 0.15) is 25.8 Å². The predicted molar refractivity (Wildman–Crippen MR) is 72.2 cm³/mol. The standard InChI is InChI=1S/C13H19BrFNO/c1-10(2)16-9-11-5-3-6-12(14)13(11)17-8-4-7-15/h3,5-6,10,16H,4,7-9H2,1-2H3. The molecule has 0 aromatic heterocycles. The second-order valence-corrected chi connectivity index (χ2v) is 5.01. The van der Waals surface area contributed by atoms with Crippen LogP contribution in [-0.2, 0) is 6.54 Å². The Kier molecular flexibility index (Phi) is 6.52. The molecule has 0 saturated carbocycles. The van der Waals surface area contributed by atoms with Crippen LogP contribution in [0.5, 0.6) is 5.75 Å². The Labute approximate surface area is 111 Å². The number of hydrogen-bond donors (Lipinski definition) is 1. The molecule has 0 atom stereocenters. The Morgan fingerprint density at radius 3 is 2.82 bits per heavy atom. The molecule has 0 fully saturated rings. The summed E-state index contributed by atoms with van der Waals surface area (Å²) in [5, 5.41) is 3.34. The molecule has 1 N–H and O–H groups in total. The molecule has 0 aliphatic heterocycles. The van der Waals surface area contributed by atoms with Crippen molar-refractivity contribution in [2.45, 2.75) is 32.9 Å². The number of hydrogen-bond acceptors (Lipinski definition) is 2. The molecule has 17 heavy (non-hydrogen) atoms. The smallest absolute Gasteiger partial charge is 0.137 e. The second kappa shape index (κ2) is 7.67. The van der Waals surface area contributed by atoms with Gasteiger partial charge in [0.15, 0.2) is 0 Å². The van der Waals surface area contributed by atoms with Gasteiger partial charge in [0.1, 0.15) is 5.75 Å². The van der Waals surface area contributed by atoms with Gasteiger partial charge in [0.05, 0.1) is 17.8 Å². The zero-order chi connectivity index (χ0) is 12.7. The maximum atomic E-state index is 12.0. The SMILES string of the molecule is CC(C)NCc1cccc(Br)c1OCCCF. The molecular weight excluding hydrogens is 285 g/mol. The molecule has 1 aromatic rings. The molecule has 96 valence electrons. The van der Waals surface area contributed by atoms with Crippen molar-refractivity contribution < 1.29 is 9.13 Å². The van der Waals surface area contributed by atoms with Gasteiger partial charge in [-0.3, -0.25) is 4.39 Å². The first-order valence-corrected chi connectivity index (χ1v) is 6.64. The van der Waals surface area contributed by atoms with Crippen LogP contribution in [-0.4, -0.2) is 19.3 Å². The average Bonchev–Trinajstić information content (AvgIpc) is 2.29. The molecule has 2 nitrogen and oxygen atoms in total. The quantitative estimate of drug-likeness (QED) is 0.776. The summed E-state index contributed by atoms with van der Waals surface area (Å²) in [6, 6.07) is 6.35. The van der Waals surface area contributed by atoms with Gasteiger partial charge in [-0.15, -0.1) is 0 Å². The summed E-state index contributed by atoms with van der Waals surface area (Å²) in [5.41, 5.74) is 1.09. The topological polar surface area (TPSA) is 21.3 Å². The fourth-order valence-corrected chi connectivity index (χ4v) is 1.92. The summed E-state index contributed by atoms with van der Waals surface area (Å²) < 4.78 is 18.6. The summed E-state index contributed by atoms with van der Waals surface area (Å²) in [6.45, 7) is 5.02. The first-order chi connectivity index (χ1) is 8.15. The monoisotopic (exact) mass is 303 g/mol. The molecule has 0 bridgehead atoms.